The minimum Gasteiger partial charge on any atom is -0.353 e. The van der Waals surface area contributed by atoms with Gasteiger partial charge in [-0.1, -0.05) is 12.1 Å². The molecule has 1 aromatic heterocycles. The van der Waals surface area contributed by atoms with Crippen molar-refractivity contribution < 1.29 is 18.0 Å². The third kappa shape index (κ3) is 5.64. The molecule has 0 atom stereocenters. The average molecular weight is 469 g/mol. The number of carbonyl (C=O) groups is 2. The number of sulfone groups is 1. The lowest BCUT2D eigenvalue weighted by molar-refractivity contribution is -0.121. The van der Waals surface area contributed by atoms with Crippen LogP contribution in [-0.4, -0.2) is 42.1 Å². The molecule has 10 heteroatoms. The third-order valence-corrected chi connectivity index (χ3v) is 6.45. The molecule has 9 nitrogen and oxygen atoms in total. The molecule has 0 aliphatic heterocycles. The van der Waals surface area contributed by atoms with Gasteiger partial charge >= 0.3 is 0 Å². The van der Waals surface area contributed by atoms with Crippen molar-refractivity contribution in [3.63, 3.8) is 0 Å². The number of anilines is 1. The van der Waals surface area contributed by atoms with E-state index in [0.717, 1.165) is 19.1 Å². The fraction of sp³-hybridized carbons (Fsp3) is 0.304. The Morgan fingerprint density at radius 2 is 1.76 bits per heavy atom. The number of para-hydroxylation sites is 2. The molecule has 0 radical (unpaired) electrons. The first-order valence-electron chi connectivity index (χ1n) is 10.6. The van der Waals surface area contributed by atoms with Gasteiger partial charge in [0, 0.05) is 30.8 Å². The van der Waals surface area contributed by atoms with E-state index in [1.807, 2.05) is 0 Å². The predicted octanol–water partition coefficient (Wildman–Crippen LogP) is 1.65. The lowest BCUT2D eigenvalue weighted by atomic mass is 10.2. The van der Waals surface area contributed by atoms with Gasteiger partial charge in [-0.2, -0.15) is 0 Å². The Morgan fingerprint density at radius 3 is 2.42 bits per heavy atom. The molecule has 1 aliphatic rings. The van der Waals surface area contributed by atoms with Gasteiger partial charge in [-0.3, -0.25) is 19.0 Å². The van der Waals surface area contributed by atoms with E-state index < -0.39 is 21.3 Å². The van der Waals surface area contributed by atoms with E-state index in [1.54, 1.807) is 24.3 Å². The van der Waals surface area contributed by atoms with Gasteiger partial charge in [-0.15, -0.1) is 0 Å². The molecule has 2 amide bonds. The standard InChI is InChI=1S/C23H24N4O5S/c1-33(31,32)17-10-8-16(9-11-17)25-22(29)14-27-20-5-3-2-4-18(20)26-19(23(27)30)12-13-21(28)24-15-6-7-15/h2-5,8-11,15H,6-7,12-14H2,1H3,(H,24,28)(H,25,29). The summed E-state index contributed by atoms with van der Waals surface area (Å²) in [5.74, 6) is -0.563. The number of nitrogens with zero attached hydrogens (tertiary/aromatic N) is 2. The first-order chi connectivity index (χ1) is 15.7. The van der Waals surface area contributed by atoms with Crippen molar-refractivity contribution in [1.29, 1.82) is 0 Å². The number of benzene rings is 2. The maximum absolute atomic E-state index is 13.1. The third-order valence-electron chi connectivity index (χ3n) is 5.32. The van der Waals surface area contributed by atoms with Gasteiger partial charge < -0.3 is 10.6 Å². The van der Waals surface area contributed by atoms with Gasteiger partial charge in [0.25, 0.3) is 5.56 Å². The van der Waals surface area contributed by atoms with Crippen LogP contribution in [-0.2, 0) is 32.4 Å². The molecule has 1 aliphatic carbocycles. The van der Waals surface area contributed by atoms with Gasteiger partial charge in [0.05, 0.1) is 15.9 Å². The summed E-state index contributed by atoms with van der Waals surface area (Å²) in [6.45, 7) is -0.253. The van der Waals surface area contributed by atoms with Crippen molar-refractivity contribution in [2.24, 2.45) is 0 Å². The van der Waals surface area contributed by atoms with E-state index >= 15 is 0 Å². The maximum atomic E-state index is 13.1. The highest BCUT2D eigenvalue weighted by molar-refractivity contribution is 7.90. The van der Waals surface area contributed by atoms with Crippen molar-refractivity contribution in [2.45, 2.75) is 43.2 Å². The first-order valence-corrected chi connectivity index (χ1v) is 12.5. The van der Waals surface area contributed by atoms with Gasteiger partial charge in [0.15, 0.2) is 9.84 Å². The van der Waals surface area contributed by atoms with Crippen LogP contribution in [0.4, 0.5) is 5.69 Å². The zero-order valence-electron chi connectivity index (χ0n) is 18.1. The smallest absolute Gasteiger partial charge is 0.273 e. The number of rotatable bonds is 8. The summed E-state index contributed by atoms with van der Waals surface area (Å²) in [6, 6.07) is 13.0. The number of amides is 2. The summed E-state index contributed by atoms with van der Waals surface area (Å²) in [7, 11) is -3.34. The molecule has 2 N–H and O–H groups in total. The quantitative estimate of drug-likeness (QED) is 0.518. The maximum Gasteiger partial charge on any atom is 0.273 e. The molecule has 0 spiro atoms. The van der Waals surface area contributed by atoms with Crippen LogP contribution in [0.3, 0.4) is 0 Å². The van der Waals surface area contributed by atoms with Gasteiger partial charge in [-0.25, -0.2) is 13.4 Å². The lowest BCUT2D eigenvalue weighted by Crippen LogP contribution is -2.32. The van der Waals surface area contributed by atoms with Crippen molar-refractivity contribution in [2.75, 3.05) is 11.6 Å². The fourth-order valence-corrected chi connectivity index (χ4v) is 4.08. The van der Waals surface area contributed by atoms with E-state index in [1.165, 1.54) is 28.8 Å². The molecule has 0 bridgehead atoms. The Morgan fingerprint density at radius 1 is 1.06 bits per heavy atom. The Balaban J connectivity index is 1.54. The number of aryl methyl sites for hydroxylation is 1. The molecule has 1 fully saturated rings. The van der Waals surface area contributed by atoms with Crippen molar-refractivity contribution in [1.82, 2.24) is 14.9 Å². The van der Waals surface area contributed by atoms with Crippen LogP contribution in [0, 0.1) is 0 Å². The van der Waals surface area contributed by atoms with Crippen molar-refractivity contribution in [3.05, 3.63) is 64.6 Å². The average Bonchev–Trinajstić information content (AvgIpc) is 3.58. The lowest BCUT2D eigenvalue weighted by Gasteiger charge is -2.13. The molecule has 1 heterocycles. The molecule has 0 saturated heterocycles. The van der Waals surface area contributed by atoms with Crippen molar-refractivity contribution >= 4 is 38.4 Å². The Bertz CT molecular complexity index is 1380. The van der Waals surface area contributed by atoms with Crippen LogP contribution in [0.5, 0.6) is 0 Å². The Hall–Kier alpha value is -3.53. The molecule has 172 valence electrons. The summed E-state index contributed by atoms with van der Waals surface area (Å²) >= 11 is 0. The fourth-order valence-electron chi connectivity index (χ4n) is 3.45. The van der Waals surface area contributed by atoms with Crippen LogP contribution in [0.15, 0.2) is 58.2 Å². The molecule has 1 saturated carbocycles. The number of fused-ring (bicyclic) bond motifs is 1. The predicted molar refractivity (Wildman–Crippen MR) is 124 cm³/mol. The monoisotopic (exact) mass is 468 g/mol. The largest absolute Gasteiger partial charge is 0.353 e. The number of hydrogen-bond donors (Lipinski definition) is 2. The summed E-state index contributed by atoms with van der Waals surface area (Å²) in [4.78, 5) is 42.4. The van der Waals surface area contributed by atoms with Crippen LogP contribution in [0.2, 0.25) is 0 Å². The molecular weight excluding hydrogens is 444 g/mol. The topological polar surface area (TPSA) is 127 Å². The molecule has 2 aromatic carbocycles. The molecule has 3 aromatic rings. The van der Waals surface area contributed by atoms with Gasteiger partial charge in [0.2, 0.25) is 11.8 Å². The van der Waals surface area contributed by atoms with Crippen LogP contribution >= 0.6 is 0 Å². The van der Waals surface area contributed by atoms with Gasteiger partial charge in [-0.05, 0) is 49.2 Å². The zero-order chi connectivity index (χ0) is 23.6. The van der Waals surface area contributed by atoms with Crippen LogP contribution in [0.25, 0.3) is 11.0 Å². The summed E-state index contributed by atoms with van der Waals surface area (Å²) in [6.07, 6.45) is 3.40. The van der Waals surface area contributed by atoms with Gasteiger partial charge in [0.1, 0.15) is 12.2 Å². The highest BCUT2D eigenvalue weighted by Gasteiger charge is 2.23. The van der Waals surface area contributed by atoms with E-state index in [9.17, 15) is 22.8 Å². The molecular formula is C23H24N4O5S. The molecule has 0 unspecified atom stereocenters. The van der Waals surface area contributed by atoms with Crippen LogP contribution in [0.1, 0.15) is 25.0 Å². The summed E-state index contributed by atoms with van der Waals surface area (Å²) in [5, 5.41) is 5.57. The Kier molecular flexibility index (Phi) is 6.28. The molecule has 4 rings (SSSR count). The number of nitrogens with one attached hydrogen (secondary N) is 2. The van der Waals surface area contributed by atoms with E-state index in [2.05, 4.69) is 15.6 Å². The van der Waals surface area contributed by atoms with E-state index in [4.69, 9.17) is 0 Å². The highest BCUT2D eigenvalue weighted by atomic mass is 32.2. The minimum atomic E-state index is -3.34. The second-order valence-corrected chi connectivity index (χ2v) is 10.1. The van der Waals surface area contributed by atoms with E-state index in [-0.39, 0.29) is 41.9 Å². The van der Waals surface area contributed by atoms with Crippen molar-refractivity contribution in [3.8, 4) is 0 Å². The zero-order valence-corrected chi connectivity index (χ0v) is 18.9. The highest BCUT2D eigenvalue weighted by Crippen LogP contribution is 2.19. The number of hydrogen-bond acceptors (Lipinski definition) is 6. The first kappa shape index (κ1) is 22.7. The Labute approximate surface area is 190 Å². The SMILES string of the molecule is CS(=O)(=O)c1ccc(NC(=O)Cn2c(=O)c(CCC(=O)NC3CC3)nc3ccccc32)cc1. The second-order valence-electron chi connectivity index (χ2n) is 8.13. The normalized spacial score (nSPS) is 13.6. The summed E-state index contributed by atoms with van der Waals surface area (Å²) < 4.78 is 24.5. The number of aromatic nitrogens is 2. The molecule has 33 heavy (non-hydrogen) atoms. The van der Waals surface area contributed by atoms with E-state index in [0.29, 0.717) is 16.7 Å². The second kappa shape index (κ2) is 9.14. The van der Waals surface area contributed by atoms with Crippen LogP contribution < -0.4 is 16.2 Å². The number of carbonyl (C=O) groups excluding carboxylic acids is 2. The minimum absolute atomic E-state index is 0.117. The summed E-state index contributed by atoms with van der Waals surface area (Å²) in [5.41, 5.74) is 1.28.